The Morgan fingerprint density at radius 3 is 2.00 bits per heavy atom. The van der Waals surface area contributed by atoms with Gasteiger partial charge in [0, 0.05) is 0 Å². The molecule has 0 aliphatic heterocycles. The van der Waals surface area contributed by atoms with Crippen LogP contribution < -0.4 is 0 Å². The van der Waals surface area contributed by atoms with Crippen LogP contribution in [0.1, 0.15) is 13.3 Å². The zero-order valence-electron chi connectivity index (χ0n) is 2.99. The molecule has 0 N–H and O–H groups in total. The SMILES string of the molecule is C=CCC.[NaH]. The predicted octanol–water partition coefficient (Wildman–Crippen LogP) is 0.934. The standard InChI is InChI=1S/C4H8.Na.H/c1-3-4-2;;/h3H,1,4H2,2H3;;. The minimum atomic E-state index is 0. The van der Waals surface area contributed by atoms with Gasteiger partial charge in [-0.25, -0.2) is 0 Å². The summed E-state index contributed by atoms with van der Waals surface area (Å²) in [6.45, 7) is 5.54. The molecule has 0 unspecified atom stereocenters. The molecule has 0 radical (unpaired) electrons. The molecule has 0 amide bonds. The van der Waals surface area contributed by atoms with Gasteiger partial charge in [-0.1, -0.05) is 13.0 Å². The van der Waals surface area contributed by atoms with Crippen molar-refractivity contribution in [2.45, 2.75) is 13.3 Å². The minimum absolute atomic E-state index is 0. The van der Waals surface area contributed by atoms with Crippen molar-refractivity contribution >= 4 is 29.6 Å². The molecule has 0 heterocycles. The second kappa shape index (κ2) is 8.83. The van der Waals surface area contributed by atoms with Crippen molar-refractivity contribution < 1.29 is 0 Å². The molecule has 0 aromatic carbocycles. The molecular weight excluding hydrogens is 71.0 g/mol. The Morgan fingerprint density at radius 1 is 1.80 bits per heavy atom. The fraction of sp³-hybridized carbons (Fsp3) is 0.500. The van der Waals surface area contributed by atoms with E-state index in [9.17, 15) is 0 Å². The Morgan fingerprint density at radius 2 is 2.00 bits per heavy atom. The molecule has 0 aromatic rings. The van der Waals surface area contributed by atoms with Crippen molar-refractivity contribution in [2.75, 3.05) is 0 Å². The normalized spacial score (nSPS) is 5.00. The van der Waals surface area contributed by atoms with Gasteiger partial charge in [-0.15, -0.1) is 6.58 Å². The van der Waals surface area contributed by atoms with Crippen LogP contribution in [0.4, 0.5) is 0 Å². The van der Waals surface area contributed by atoms with E-state index in [1.54, 1.807) is 0 Å². The summed E-state index contributed by atoms with van der Waals surface area (Å²) in [5.74, 6) is 0. The second-order valence-corrected chi connectivity index (χ2v) is 0.697. The van der Waals surface area contributed by atoms with E-state index in [1.807, 2.05) is 6.08 Å². The van der Waals surface area contributed by atoms with Gasteiger partial charge in [-0.2, -0.15) is 0 Å². The first-order valence-corrected chi connectivity index (χ1v) is 1.52. The topological polar surface area (TPSA) is 0 Å². The van der Waals surface area contributed by atoms with Crippen LogP contribution >= 0.6 is 0 Å². The quantitative estimate of drug-likeness (QED) is 0.325. The maximum atomic E-state index is 3.48. The van der Waals surface area contributed by atoms with E-state index in [0.717, 1.165) is 6.42 Å². The summed E-state index contributed by atoms with van der Waals surface area (Å²) in [7, 11) is 0. The second-order valence-electron chi connectivity index (χ2n) is 0.697. The van der Waals surface area contributed by atoms with E-state index in [0.29, 0.717) is 0 Å². The van der Waals surface area contributed by atoms with Crippen molar-refractivity contribution in [3.63, 3.8) is 0 Å². The third-order valence-electron chi connectivity index (χ3n) is 0.289. The molecule has 0 saturated heterocycles. The first kappa shape index (κ1) is 9.22. The van der Waals surface area contributed by atoms with Gasteiger partial charge in [0.2, 0.25) is 0 Å². The van der Waals surface area contributed by atoms with Crippen molar-refractivity contribution in [3.8, 4) is 0 Å². The van der Waals surface area contributed by atoms with Gasteiger partial charge in [0.1, 0.15) is 0 Å². The average Bonchev–Trinajstić information content (AvgIpc) is 1.37. The predicted molar refractivity (Wildman–Crippen MR) is 27.6 cm³/mol. The summed E-state index contributed by atoms with van der Waals surface area (Å²) in [4.78, 5) is 0. The van der Waals surface area contributed by atoms with Crippen LogP contribution in [0.15, 0.2) is 12.7 Å². The van der Waals surface area contributed by atoms with Crippen LogP contribution in [0, 0.1) is 0 Å². The Bertz CT molecular complexity index is 17.6. The summed E-state index contributed by atoms with van der Waals surface area (Å²) in [6.07, 6.45) is 2.96. The van der Waals surface area contributed by atoms with Crippen LogP contribution in [0.3, 0.4) is 0 Å². The molecule has 0 rings (SSSR count). The first-order chi connectivity index (χ1) is 1.91. The Kier molecular flexibility index (Phi) is 16.3. The number of hydrogen-bond donors (Lipinski definition) is 0. The summed E-state index contributed by atoms with van der Waals surface area (Å²) < 4.78 is 0. The van der Waals surface area contributed by atoms with Gasteiger partial charge in [-0.3, -0.25) is 0 Å². The zero-order valence-corrected chi connectivity index (χ0v) is 2.99. The summed E-state index contributed by atoms with van der Waals surface area (Å²) in [5, 5.41) is 0. The van der Waals surface area contributed by atoms with Gasteiger partial charge < -0.3 is 0 Å². The Hall–Kier alpha value is 0.740. The van der Waals surface area contributed by atoms with Crippen LogP contribution in [-0.2, 0) is 0 Å². The summed E-state index contributed by atoms with van der Waals surface area (Å²) in [6, 6.07) is 0. The number of rotatable bonds is 1. The fourth-order valence-electron chi connectivity index (χ4n) is 0. The average molecular weight is 80.1 g/mol. The Labute approximate surface area is 55.6 Å². The molecule has 5 heavy (non-hydrogen) atoms. The zero-order chi connectivity index (χ0) is 3.41. The van der Waals surface area contributed by atoms with Gasteiger partial charge >= 0.3 is 29.6 Å². The summed E-state index contributed by atoms with van der Waals surface area (Å²) >= 11 is 0. The third kappa shape index (κ3) is 11.8. The van der Waals surface area contributed by atoms with E-state index in [2.05, 4.69) is 13.5 Å². The molecule has 0 aliphatic rings. The van der Waals surface area contributed by atoms with Crippen molar-refractivity contribution in [1.29, 1.82) is 0 Å². The van der Waals surface area contributed by atoms with E-state index in [-0.39, 0.29) is 29.6 Å². The van der Waals surface area contributed by atoms with E-state index < -0.39 is 0 Å². The van der Waals surface area contributed by atoms with Gasteiger partial charge in [-0.05, 0) is 6.42 Å². The molecule has 0 saturated carbocycles. The van der Waals surface area contributed by atoms with Gasteiger partial charge in [0.15, 0.2) is 0 Å². The first-order valence-electron chi connectivity index (χ1n) is 1.52. The van der Waals surface area contributed by atoms with E-state index in [1.165, 1.54) is 0 Å². The molecule has 0 atom stereocenters. The molecule has 1 heteroatoms. The van der Waals surface area contributed by atoms with Crippen LogP contribution in [0.25, 0.3) is 0 Å². The molecular formula is C4H9Na. The molecule has 0 bridgehead atoms. The van der Waals surface area contributed by atoms with Crippen LogP contribution in [0.5, 0.6) is 0 Å². The summed E-state index contributed by atoms with van der Waals surface area (Å²) in [5.41, 5.74) is 0. The third-order valence-corrected chi connectivity index (χ3v) is 0.289. The molecule has 0 spiro atoms. The maximum absolute atomic E-state index is 3.48. The fourth-order valence-corrected chi connectivity index (χ4v) is 0. The van der Waals surface area contributed by atoms with Crippen molar-refractivity contribution in [1.82, 2.24) is 0 Å². The number of hydrogen-bond acceptors (Lipinski definition) is 0. The van der Waals surface area contributed by atoms with Crippen molar-refractivity contribution in [3.05, 3.63) is 12.7 Å². The molecule has 0 aromatic heterocycles. The van der Waals surface area contributed by atoms with Crippen LogP contribution in [0.2, 0.25) is 0 Å². The van der Waals surface area contributed by atoms with Crippen LogP contribution in [-0.4, -0.2) is 29.6 Å². The van der Waals surface area contributed by atoms with Crippen molar-refractivity contribution in [2.24, 2.45) is 0 Å². The molecule has 0 aliphatic carbocycles. The monoisotopic (exact) mass is 80.1 g/mol. The van der Waals surface area contributed by atoms with E-state index in [4.69, 9.17) is 0 Å². The van der Waals surface area contributed by atoms with E-state index >= 15 is 0 Å². The molecule has 0 fully saturated rings. The van der Waals surface area contributed by atoms with Gasteiger partial charge in [0.25, 0.3) is 0 Å². The number of allylic oxidation sites excluding steroid dienone is 1. The van der Waals surface area contributed by atoms with Gasteiger partial charge in [0.05, 0.1) is 0 Å². The molecule has 26 valence electrons. The Balaban J connectivity index is 0. The molecule has 0 nitrogen and oxygen atoms in total.